The van der Waals surface area contributed by atoms with E-state index in [0.29, 0.717) is 0 Å². The highest BCUT2D eigenvalue weighted by Gasteiger charge is 2.16. The van der Waals surface area contributed by atoms with Crippen LogP contribution < -0.4 is 20.6 Å². The van der Waals surface area contributed by atoms with Crippen LogP contribution in [0.5, 0.6) is 11.5 Å². The third-order valence-electron chi connectivity index (χ3n) is 2.40. The van der Waals surface area contributed by atoms with E-state index in [9.17, 15) is 4.79 Å². The summed E-state index contributed by atoms with van der Waals surface area (Å²) in [5.74, 6) is -1.25. The standard InChI is InChI=1S/C12H13N5O4/c1-20-9-3-6(12(18)19)7(4-10(9)21-2)16-17-8(5-13)11(14)15/h3-4,16H,1-2H3,(H3,14,15)(H,18,19)/b17-8+. The van der Waals surface area contributed by atoms with E-state index in [1.807, 2.05) is 0 Å². The van der Waals surface area contributed by atoms with Crippen LogP contribution >= 0.6 is 0 Å². The van der Waals surface area contributed by atoms with Crippen LogP contribution in [0.3, 0.4) is 0 Å². The monoisotopic (exact) mass is 291 g/mol. The van der Waals surface area contributed by atoms with Crippen molar-refractivity contribution >= 4 is 23.2 Å². The molecule has 0 unspecified atom stereocenters. The largest absolute Gasteiger partial charge is 0.493 e. The number of hydrazone groups is 1. The molecule has 0 aromatic heterocycles. The van der Waals surface area contributed by atoms with Crippen LogP contribution in [0.2, 0.25) is 0 Å². The molecule has 21 heavy (non-hydrogen) atoms. The number of hydrogen-bond acceptors (Lipinski definition) is 7. The summed E-state index contributed by atoms with van der Waals surface area (Å²) in [7, 11) is 2.76. The number of nitrogens with one attached hydrogen (secondary N) is 2. The minimum absolute atomic E-state index is 0.0640. The Balaban J connectivity index is 3.31. The van der Waals surface area contributed by atoms with Gasteiger partial charge in [0.25, 0.3) is 0 Å². The number of nitriles is 1. The Hall–Kier alpha value is -3.28. The molecular weight excluding hydrogens is 278 g/mol. The van der Waals surface area contributed by atoms with Gasteiger partial charge in [-0.05, 0) is 0 Å². The number of ether oxygens (including phenoxy) is 2. The lowest BCUT2D eigenvalue weighted by atomic mass is 10.1. The predicted molar refractivity (Wildman–Crippen MR) is 75.1 cm³/mol. The van der Waals surface area contributed by atoms with Gasteiger partial charge in [0.05, 0.1) is 25.5 Å². The number of amidine groups is 1. The molecule has 0 aliphatic carbocycles. The van der Waals surface area contributed by atoms with Gasteiger partial charge in [-0.1, -0.05) is 0 Å². The molecule has 9 nitrogen and oxygen atoms in total. The second-order valence-corrected chi connectivity index (χ2v) is 3.66. The average molecular weight is 291 g/mol. The molecule has 0 saturated heterocycles. The maximum atomic E-state index is 11.2. The van der Waals surface area contributed by atoms with E-state index in [-0.39, 0.29) is 28.5 Å². The van der Waals surface area contributed by atoms with Crippen molar-refractivity contribution in [3.05, 3.63) is 17.7 Å². The molecule has 5 N–H and O–H groups in total. The van der Waals surface area contributed by atoms with Gasteiger partial charge in [0.15, 0.2) is 17.3 Å². The number of methoxy groups -OCH3 is 2. The Morgan fingerprint density at radius 3 is 2.43 bits per heavy atom. The third kappa shape index (κ3) is 3.60. The highest BCUT2D eigenvalue weighted by molar-refractivity contribution is 6.45. The summed E-state index contributed by atoms with van der Waals surface area (Å²) < 4.78 is 10.1. The Morgan fingerprint density at radius 1 is 1.43 bits per heavy atom. The molecule has 0 radical (unpaired) electrons. The molecule has 9 heteroatoms. The predicted octanol–water partition coefficient (Wildman–Crippen LogP) is 0.629. The molecule has 0 amide bonds. The minimum atomic E-state index is -1.23. The first-order valence-corrected chi connectivity index (χ1v) is 5.52. The van der Waals surface area contributed by atoms with Crippen LogP contribution in [-0.4, -0.2) is 36.8 Å². The maximum absolute atomic E-state index is 11.2. The highest BCUT2D eigenvalue weighted by Crippen LogP contribution is 2.33. The van der Waals surface area contributed by atoms with E-state index in [4.69, 9.17) is 31.0 Å². The van der Waals surface area contributed by atoms with Crippen LogP contribution in [0.4, 0.5) is 5.69 Å². The first-order chi connectivity index (χ1) is 9.94. The van der Waals surface area contributed by atoms with E-state index in [1.54, 1.807) is 6.07 Å². The first-order valence-electron chi connectivity index (χ1n) is 5.52. The van der Waals surface area contributed by atoms with Gasteiger partial charge < -0.3 is 20.3 Å². The number of nitrogens with zero attached hydrogens (tertiary/aromatic N) is 2. The van der Waals surface area contributed by atoms with E-state index in [1.165, 1.54) is 26.4 Å². The molecule has 0 heterocycles. The van der Waals surface area contributed by atoms with Gasteiger partial charge in [-0.25, -0.2) is 4.79 Å². The zero-order valence-corrected chi connectivity index (χ0v) is 11.3. The van der Waals surface area contributed by atoms with Crippen molar-refractivity contribution in [3.8, 4) is 17.6 Å². The quantitative estimate of drug-likeness (QED) is 0.340. The van der Waals surface area contributed by atoms with Crippen molar-refractivity contribution < 1.29 is 19.4 Å². The number of carbonyl (C=O) groups is 1. The van der Waals surface area contributed by atoms with Gasteiger partial charge in [0, 0.05) is 12.1 Å². The summed E-state index contributed by atoms with van der Waals surface area (Å²) in [6, 6.07) is 4.20. The van der Waals surface area contributed by atoms with Gasteiger partial charge in [-0.3, -0.25) is 10.8 Å². The van der Waals surface area contributed by atoms with Gasteiger partial charge >= 0.3 is 5.97 Å². The molecule has 1 aromatic rings. The van der Waals surface area contributed by atoms with Crippen LogP contribution in [0.1, 0.15) is 10.4 Å². The fourth-order valence-electron chi connectivity index (χ4n) is 1.41. The van der Waals surface area contributed by atoms with E-state index in [0.717, 1.165) is 0 Å². The number of anilines is 1. The zero-order valence-electron chi connectivity index (χ0n) is 11.3. The van der Waals surface area contributed by atoms with Crippen molar-refractivity contribution in [2.24, 2.45) is 10.8 Å². The summed E-state index contributed by atoms with van der Waals surface area (Å²) in [4.78, 5) is 11.2. The number of hydrogen-bond donors (Lipinski definition) is 4. The highest BCUT2D eigenvalue weighted by atomic mass is 16.5. The normalized spacial score (nSPS) is 10.4. The molecular formula is C12H13N5O4. The van der Waals surface area contributed by atoms with Gasteiger partial charge in [-0.2, -0.15) is 10.4 Å². The minimum Gasteiger partial charge on any atom is -0.493 e. The number of aromatic carboxylic acids is 1. The molecule has 1 rings (SSSR count). The van der Waals surface area contributed by atoms with Crippen molar-refractivity contribution in [2.75, 3.05) is 19.6 Å². The van der Waals surface area contributed by atoms with E-state index < -0.39 is 11.8 Å². The molecule has 0 fully saturated rings. The molecule has 0 aliphatic rings. The number of benzene rings is 1. The Labute approximate surface area is 120 Å². The molecule has 0 saturated carbocycles. The van der Waals surface area contributed by atoms with Gasteiger partial charge in [-0.15, -0.1) is 0 Å². The molecule has 0 atom stereocenters. The van der Waals surface area contributed by atoms with Gasteiger partial charge in [0.2, 0.25) is 5.71 Å². The van der Waals surface area contributed by atoms with Crippen molar-refractivity contribution in [2.45, 2.75) is 0 Å². The zero-order chi connectivity index (χ0) is 16.0. The third-order valence-corrected chi connectivity index (χ3v) is 2.40. The molecule has 0 aliphatic heterocycles. The Morgan fingerprint density at radius 2 is 2.00 bits per heavy atom. The summed E-state index contributed by atoms with van der Waals surface area (Å²) in [6.07, 6.45) is 0. The number of nitrogens with two attached hydrogens (primary N) is 1. The lowest BCUT2D eigenvalue weighted by Crippen LogP contribution is -2.22. The van der Waals surface area contributed by atoms with Crippen LogP contribution in [0, 0.1) is 16.7 Å². The summed E-state index contributed by atoms with van der Waals surface area (Å²) in [5, 5.41) is 28.6. The molecule has 1 aromatic carbocycles. The number of carboxylic acid groups (broad SMARTS) is 1. The fraction of sp³-hybridized carbons (Fsp3) is 0.167. The molecule has 0 spiro atoms. The van der Waals surface area contributed by atoms with Crippen LogP contribution in [0.25, 0.3) is 0 Å². The smallest absolute Gasteiger partial charge is 0.338 e. The topological polar surface area (TPSA) is 154 Å². The van der Waals surface area contributed by atoms with Gasteiger partial charge in [0.1, 0.15) is 6.07 Å². The molecule has 110 valence electrons. The summed E-state index contributed by atoms with van der Waals surface area (Å²) in [5.41, 5.74) is 7.07. The number of carboxylic acids is 1. The second-order valence-electron chi connectivity index (χ2n) is 3.66. The molecule has 0 bridgehead atoms. The first kappa shape index (κ1) is 15.8. The van der Waals surface area contributed by atoms with Crippen molar-refractivity contribution in [3.63, 3.8) is 0 Å². The van der Waals surface area contributed by atoms with Crippen molar-refractivity contribution in [1.29, 1.82) is 10.7 Å². The second kappa shape index (κ2) is 6.76. The van der Waals surface area contributed by atoms with E-state index >= 15 is 0 Å². The Kier molecular flexibility index (Phi) is 5.08. The maximum Gasteiger partial charge on any atom is 0.338 e. The fourth-order valence-corrected chi connectivity index (χ4v) is 1.41. The average Bonchev–Trinajstić information content (AvgIpc) is 2.46. The SMILES string of the molecule is COc1cc(N/N=C(\C#N)C(=N)N)c(C(=O)O)cc1OC. The lowest BCUT2D eigenvalue weighted by Gasteiger charge is -2.12. The summed E-state index contributed by atoms with van der Waals surface area (Å²) >= 11 is 0. The Bertz CT molecular complexity index is 648. The number of rotatable bonds is 6. The summed E-state index contributed by atoms with van der Waals surface area (Å²) in [6.45, 7) is 0. The van der Waals surface area contributed by atoms with E-state index in [2.05, 4.69) is 10.5 Å². The lowest BCUT2D eigenvalue weighted by molar-refractivity contribution is 0.0697. The van der Waals surface area contributed by atoms with Crippen molar-refractivity contribution in [1.82, 2.24) is 0 Å². The van der Waals surface area contributed by atoms with Crippen LogP contribution in [-0.2, 0) is 0 Å². The van der Waals surface area contributed by atoms with Crippen LogP contribution in [0.15, 0.2) is 17.2 Å².